The number of nitrogens with zero attached hydrogens (tertiary/aromatic N) is 1. The van der Waals surface area contributed by atoms with Gasteiger partial charge in [-0.3, -0.25) is 4.79 Å². The van der Waals surface area contributed by atoms with Crippen molar-refractivity contribution in [1.82, 2.24) is 4.98 Å². The van der Waals surface area contributed by atoms with Crippen LogP contribution in [0.1, 0.15) is 12.5 Å². The molecule has 11 heteroatoms. The second kappa shape index (κ2) is 8.09. The fourth-order valence-corrected chi connectivity index (χ4v) is 2.12. The van der Waals surface area contributed by atoms with Crippen molar-refractivity contribution in [1.29, 1.82) is 0 Å². The largest absolute Gasteiger partial charge is 0.454 e. The van der Waals surface area contributed by atoms with Gasteiger partial charge in [0.15, 0.2) is 0 Å². The molecule has 0 saturated carbocycles. The highest BCUT2D eigenvalue weighted by Gasteiger charge is 2.36. The molecule has 0 amide bonds. The number of nitrogens with one attached hydrogen (secondary N) is 1. The number of halogens is 7. The van der Waals surface area contributed by atoms with Gasteiger partial charge in [0.25, 0.3) is 5.78 Å². The van der Waals surface area contributed by atoms with E-state index < -0.39 is 23.7 Å². The van der Waals surface area contributed by atoms with Crippen molar-refractivity contribution in [2.75, 3.05) is 5.32 Å². The predicted octanol–water partition coefficient (Wildman–Crippen LogP) is 5.99. The number of anilines is 1. The maximum atomic E-state index is 12.6. The normalized spacial score (nSPS) is 12.6. The molecule has 2 aromatic rings. The molecular formula is C17H11ClF6N2O2. The van der Waals surface area contributed by atoms with Crippen LogP contribution in [-0.4, -0.2) is 16.9 Å². The number of carbonyl (C=O) groups is 1. The molecule has 0 bridgehead atoms. The molecule has 1 aromatic heterocycles. The van der Waals surface area contributed by atoms with Crippen molar-refractivity contribution in [3.63, 3.8) is 0 Å². The number of aromatic nitrogens is 1. The number of allylic oxidation sites excluding steroid dienone is 2. The molecule has 0 saturated heterocycles. The summed E-state index contributed by atoms with van der Waals surface area (Å²) < 4.78 is 79.7. The molecule has 0 radical (unpaired) electrons. The summed E-state index contributed by atoms with van der Waals surface area (Å²) in [5, 5.41) is 2.24. The van der Waals surface area contributed by atoms with Crippen LogP contribution in [0.25, 0.3) is 0 Å². The first-order valence-electron chi connectivity index (χ1n) is 7.43. The van der Waals surface area contributed by atoms with Crippen molar-refractivity contribution >= 4 is 23.1 Å². The number of ether oxygens (including phenoxy) is 1. The molecule has 1 heterocycles. The van der Waals surface area contributed by atoms with Gasteiger partial charge in [-0.2, -0.15) is 26.3 Å². The molecule has 0 aliphatic rings. The van der Waals surface area contributed by atoms with Crippen LogP contribution in [0.5, 0.6) is 11.6 Å². The Morgan fingerprint density at radius 2 is 1.75 bits per heavy atom. The van der Waals surface area contributed by atoms with Crippen LogP contribution < -0.4 is 10.1 Å². The van der Waals surface area contributed by atoms with E-state index >= 15 is 0 Å². The highest BCUT2D eigenvalue weighted by atomic mass is 35.5. The van der Waals surface area contributed by atoms with E-state index in [0.717, 1.165) is 0 Å². The van der Waals surface area contributed by atoms with Gasteiger partial charge in [-0.25, -0.2) is 4.98 Å². The second-order valence-corrected chi connectivity index (χ2v) is 5.86. The molecule has 0 aliphatic heterocycles. The van der Waals surface area contributed by atoms with Crippen LogP contribution in [0.4, 0.5) is 32.0 Å². The molecule has 1 N–H and O–H groups in total. The lowest BCUT2D eigenvalue weighted by molar-refractivity contribution is -0.165. The molecule has 0 spiro atoms. The standard InChI is InChI=1S/C17H11ClF6N2O2/c1-9(6-14(27)17(22,23)24)26-11-2-4-12(5-3-11)28-15-13(18)7-10(8-25-15)16(19,20)21/h2-8,26H,1H3/b9-6-. The summed E-state index contributed by atoms with van der Waals surface area (Å²) in [6.07, 6.45) is -8.57. The summed E-state index contributed by atoms with van der Waals surface area (Å²) in [6.45, 7) is 1.28. The van der Waals surface area contributed by atoms with E-state index in [4.69, 9.17) is 16.3 Å². The summed E-state index contributed by atoms with van der Waals surface area (Å²) in [7, 11) is 0. The molecule has 150 valence electrons. The number of carbonyl (C=O) groups excluding carboxylic acids is 1. The van der Waals surface area contributed by atoms with Crippen molar-refractivity contribution in [2.24, 2.45) is 0 Å². The minimum Gasteiger partial charge on any atom is -0.438 e. The van der Waals surface area contributed by atoms with Gasteiger partial charge in [0.2, 0.25) is 5.88 Å². The van der Waals surface area contributed by atoms with Gasteiger partial charge < -0.3 is 10.1 Å². The van der Waals surface area contributed by atoms with Gasteiger partial charge >= 0.3 is 12.4 Å². The van der Waals surface area contributed by atoms with Crippen LogP contribution in [0, 0.1) is 0 Å². The Kier molecular flexibility index (Phi) is 6.23. The first-order chi connectivity index (χ1) is 12.9. The molecule has 28 heavy (non-hydrogen) atoms. The van der Waals surface area contributed by atoms with Crippen LogP contribution >= 0.6 is 11.6 Å². The average Bonchev–Trinajstić information content (AvgIpc) is 2.56. The molecule has 1 aromatic carbocycles. The molecule has 2 rings (SSSR count). The minimum absolute atomic E-state index is 0.0385. The average molecular weight is 425 g/mol. The molecule has 0 fully saturated rings. The van der Waals surface area contributed by atoms with Gasteiger partial charge in [0.1, 0.15) is 10.8 Å². The van der Waals surface area contributed by atoms with Crippen molar-refractivity contribution in [3.8, 4) is 11.6 Å². The smallest absolute Gasteiger partial charge is 0.438 e. The van der Waals surface area contributed by atoms with Gasteiger partial charge in [0, 0.05) is 23.7 Å². The van der Waals surface area contributed by atoms with E-state index in [9.17, 15) is 31.1 Å². The molecule has 0 unspecified atom stereocenters. The lowest BCUT2D eigenvalue weighted by Gasteiger charge is -2.11. The predicted molar refractivity (Wildman–Crippen MR) is 89.2 cm³/mol. The highest BCUT2D eigenvalue weighted by molar-refractivity contribution is 6.31. The van der Waals surface area contributed by atoms with Crippen LogP contribution in [0.3, 0.4) is 0 Å². The van der Waals surface area contributed by atoms with Gasteiger partial charge in [-0.1, -0.05) is 11.6 Å². The summed E-state index contributed by atoms with van der Waals surface area (Å²) in [6, 6.07) is 6.28. The quantitative estimate of drug-likeness (QED) is 0.473. The topological polar surface area (TPSA) is 51.2 Å². The highest BCUT2D eigenvalue weighted by Crippen LogP contribution is 2.34. The van der Waals surface area contributed by atoms with Crippen LogP contribution in [-0.2, 0) is 11.0 Å². The van der Waals surface area contributed by atoms with Crippen LogP contribution in [0.15, 0.2) is 48.3 Å². The third-order valence-corrected chi connectivity index (χ3v) is 3.44. The Hall–Kier alpha value is -2.75. The number of alkyl halides is 6. The molecule has 0 aliphatic carbocycles. The first-order valence-corrected chi connectivity index (χ1v) is 7.81. The third kappa shape index (κ3) is 5.88. The monoisotopic (exact) mass is 424 g/mol. The third-order valence-electron chi connectivity index (χ3n) is 3.17. The first kappa shape index (κ1) is 21.5. The van der Waals surface area contributed by atoms with E-state index in [-0.39, 0.29) is 22.3 Å². The number of benzene rings is 1. The maximum Gasteiger partial charge on any atom is 0.454 e. The van der Waals surface area contributed by atoms with Crippen molar-refractivity contribution in [3.05, 3.63) is 58.9 Å². The van der Waals surface area contributed by atoms with E-state index in [1.54, 1.807) is 0 Å². The summed E-state index contributed by atoms with van der Waals surface area (Å²) >= 11 is 5.74. The van der Waals surface area contributed by atoms with Crippen molar-refractivity contribution in [2.45, 2.75) is 19.3 Å². The number of ketones is 1. The number of hydrogen-bond donors (Lipinski definition) is 1. The summed E-state index contributed by atoms with van der Waals surface area (Å²) in [4.78, 5) is 14.4. The Labute approximate surface area is 159 Å². The fraction of sp³-hybridized carbons (Fsp3) is 0.176. The Morgan fingerprint density at radius 3 is 2.25 bits per heavy atom. The SMILES string of the molecule is C/C(=C/C(=O)C(F)(F)F)Nc1ccc(Oc2ncc(C(F)(F)F)cc2Cl)cc1. The van der Waals surface area contributed by atoms with Crippen molar-refractivity contribution < 1.29 is 35.9 Å². The van der Waals surface area contributed by atoms with E-state index in [1.165, 1.54) is 31.2 Å². The second-order valence-electron chi connectivity index (χ2n) is 5.45. The molecular weight excluding hydrogens is 414 g/mol. The van der Waals surface area contributed by atoms with Crippen LogP contribution in [0.2, 0.25) is 5.02 Å². The Morgan fingerprint density at radius 1 is 1.14 bits per heavy atom. The molecule has 4 nitrogen and oxygen atoms in total. The number of rotatable bonds is 5. The van der Waals surface area contributed by atoms with E-state index in [2.05, 4.69) is 10.3 Å². The summed E-state index contributed by atoms with van der Waals surface area (Å²) in [5.74, 6) is -2.07. The zero-order chi connectivity index (χ0) is 21.1. The zero-order valence-corrected chi connectivity index (χ0v) is 14.7. The minimum atomic E-state index is -4.96. The summed E-state index contributed by atoms with van der Waals surface area (Å²) in [5.41, 5.74) is -0.717. The molecule has 0 atom stereocenters. The van der Waals surface area contributed by atoms with E-state index in [0.29, 0.717) is 24.0 Å². The van der Waals surface area contributed by atoms with E-state index in [1.807, 2.05) is 0 Å². The Bertz CT molecular complexity index is 892. The fourth-order valence-electron chi connectivity index (χ4n) is 1.92. The number of hydrogen-bond acceptors (Lipinski definition) is 4. The van der Waals surface area contributed by atoms with Gasteiger partial charge in [-0.15, -0.1) is 0 Å². The van der Waals surface area contributed by atoms with Gasteiger partial charge in [0.05, 0.1) is 5.56 Å². The maximum absolute atomic E-state index is 12.6. The lowest BCUT2D eigenvalue weighted by Crippen LogP contribution is -2.21. The Balaban J connectivity index is 2.07. The number of pyridine rings is 1. The van der Waals surface area contributed by atoms with Gasteiger partial charge in [-0.05, 0) is 37.3 Å². The lowest BCUT2D eigenvalue weighted by atomic mass is 10.2. The zero-order valence-electron chi connectivity index (χ0n) is 14.0.